The number of nitrogens with zero attached hydrogens (tertiary/aromatic N) is 2. The Kier molecular flexibility index (Phi) is 5.09. The van der Waals surface area contributed by atoms with Crippen molar-refractivity contribution in [3.05, 3.63) is 29.5 Å². The molecule has 1 saturated heterocycles. The predicted octanol–water partition coefficient (Wildman–Crippen LogP) is 2.24. The van der Waals surface area contributed by atoms with E-state index in [0.717, 1.165) is 24.6 Å². The van der Waals surface area contributed by atoms with E-state index in [1.807, 2.05) is 6.07 Å². The van der Waals surface area contributed by atoms with Crippen LogP contribution in [0.3, 0.4) is 0 Å². The van der Waals surface area contributed by atoms with Gasteiger partial charge in [0.05, 0.1) is 18.5 Å². The van der Waals surface area contributed by atoms with Crippen molar-refractivity contribution < 1.29 is 13.9 Å². The van der Waals surface area contributed by atoms with Gasteiger partial charge in [0.2, 0.25) is 0 Å². The standard InChI is InChI=1S/C16H21N3O3S/c1-11-8-19(9-12(2)22-11)6-5-17-15(20)13-10-23-16(18-13)14-4-3-7-21-14/h3-4,7,10-12H,5-6,8-9H2,1-2H3,(H,17,20)/t11-,12+. The number of ether oxygens (including phenoxy) is 1. The molecule has 1 fully saturated rings. The zero-order chi connectivity index (χ0) is 16.2. The molecule has 1 aliphatic heterocycles. The molecule has 3 heterocycles. The summed E-state index contributed by atoms with van der Waals surface area (Å²) in [6.45, 7) is 7.38. The lowest BCUT2D eigenvalue weighted by atomic mass is 10.2. The maximum Gasteiger partial charge on any atom is 0.270 e. The van der Waals surface area contributed by atoms with Crippen LogP contribution in [0.15, 0.2) is 28.2 Å². The number of hydrogen-bond acceptors (Lipinski definition) is 6. The van der Waals surface area contributed by atoms with E-state index in [2.05, 4.69) is 29.0 Å². The van der Waals surface area contributed by atoms with Gasteiger partial charge in [0, 0.05) is 31.6 Å². The molecule has 2 atom stereocenters. The fourth-order valence-electron chi connectivity index (χ4n) is 2.78. The molecule has 23 heavy (non-hydrogen) atoms. The Balaban J connectivity index is 1.48. The number of thiazole rings is 1. The lowest BCUT2D eigenvalue weighted by molar-refractivity contribution is -0.0672. The third-order valence-electron chi connectivity index (χ3n) is 3.68. The first-order valence-corrected chi connectivity index (χ1v) is 8.65. The van der Waals surface area contributed by atoms with E-state index < -0.39 is 0 Å². The largest absolute Gasteiger partial charge is 0.462 e. The summed E-state index contributed by atoms with van der Waals surface area (Å²) in [6.07, 6.45) is 2.08. The average molecular weight is 335 g/mol. The highest BCUT2D eigenvalue weighted by Gasteiger charge is 2.22. The molecule has 2 aromatic heterocycles. The molecule has 0 bridgehead atoms. The SMILES string of the molecule is C[C@@H]1CN(CCNC(=O)c2csc(-c3ccco3)n2)C[C@H](C)O1. The number of carbonyl (C=O) groups excluding carboxylic acids is 1. The molecule has 0 unspecified atom stereocenters. The highest BCUT2D eigenvalue weighted by molar-refractivity contribution is 7.13. The van der Waals surface area contributed by atoms with E-state index in [9.17, 15) is 4.79 Å². The van der Waals surface area contributed by atoms with Gasteiger partial charge in [0.25, 0.3) is 5.91 Å². The highest BCUT2D eigenvalue weighted by atomic mass is 32.1. The first-order valence-electron chi connectivity index (χ1n) is 7.77. The van der Waals surface area contributed by atoms with Gasteiger partial charge >= 0.3 is 0 Å². The topological polar surface area (TPSA) is 67.6 Å². The Morgan fingerprint density at radius 1 is 1.43 bits per heavy atom. The first-order chi connectivity index (χ1) is 11.1. The lowest BCUT2D eigenvalue weighted by Gasteiger charge is -2.35. The van der Waals surface area contributed by atoms with Gasteiger partial charge in [0.15, 0.2) is 10.8 Å². The van der Waals surface area contributed by atoms with Gasteiger partial charge in [-0.05, 0) is 26.0 Å². The van der Waals surface area contributed by atoms with Crippen molar-refractivity contribution >= 4 is 17.2 Å². The molecular weight excluding hydrogens is 314 g/mol. The molecular formula is C16H21N3O3S. The van der Waals surface area contributed by atoms with Crippen LogP contribution in [-0.2, 0) is 4.74 Å². The van der Waals surface area contributed by atoms with Crippen LogP contribution < -0.4 is 5.32 Å². The quantitative estimate of drug-likeness (QED) is 0.908. The minimum Gasteiger partial charge on any atom is -0.462 e. The Labute approximate surface area is 139 Å². The van der Waals surface area contributed by atoms with Gasteiger partial charge in [-0.25, -0.2) is 4.98 Å². The third-order valence-corrected chi connectivity index (χ3v) is 4.53. The summed E-state index contributed by atoms with van der Waals surface area (Å²) in [4.78, 5) is 18.8. The fourth-order valence-corrected chi connectivity index (χ4v) is 3.54. The monoisotopic (exact) mass is 335 g/mol. The van der Waals surface area contributed by atoms with E-state index in [0.29, 0.717) is 18.0 Å². The minimum absolute atomic E-state index is 0.145. The van der Waals surface area contributed by atoms with Crippen LogP contribution in [0.25, 0.3) is 10.8 Å². The van der Waals surface area contributed by atoms with Crippen LogP contribution >= 0.6 is 11.3 Å². The van der Waals surface area contributed by atoms with E-state index in [-0.39, 0.29) is 18.1 Å². The summed E-state index contributed by atoms with van der Waals surface area (Å²) in [5, 5.41) is 5.40. The summed E-state index contributed by atoms with van der Waals surface area (Å²) in [6, 6.07) is 3.64. The number of furan rings is 1. The van der Waals surface area contributed by atoms with Crippen LogP contribution in [-0.4, -0.2) is 54.2 Å². The number of morpholine rings is 1. The summed E-state index contributed by atoms with van der Waals surface area (Å²) in [5.41, 5.74) is 0.435. The molecule has 1 N–H and O–H groups in total. The Morgan fingerprint density at radius 3 is 2.91 bits per heavy atom. The first kappa shape index (κ1) is 16.2. The molecule has 0 aromatic carbocycles. The molecule has 1 aliphatic rings. The molecule has 6 nitrogen and oxygen atoms in total. The highest BCUT2D eigenvalue weighted by Crippen LogP contribution is 2.23. The van der Waals surface area contributed by atoms with Crippen molar-refractivity contribution in [2.45, 2.75) is 26.1 Å². The van der Waals surface area contributed by atoms with Crippen molar-refractivity contribution in [3.8, 4) is 10.8 Å². The van der Waals surface area contributed by atoms with Gasteiger partial charge in [-0.1, -0.05) is 0 Å². The molecule has 3 rings (SSSR count). The van der Waals surface area contributed by atoms with E-state index in [1.165, 1.54) is 11.3 Å². The molecule has 2 aromatic rings. The lowest BCUT2D eigenvalue weighted by Crippen LogP contribution is -2.47. The fraction of sp³-hybridized carbons (Fsp3) is 0.500. The van der Waals surface area contributed by atoms with Gasteiger partial charge in [-0.2, -0.15) is 0 Å². The molecule has 0 aliphatic carbocycles. The van der Waals surface area contributed by atoms with Crippen LogP contribution in [0.4, 0.5) is 0 Å². The second-order valence-corrected chi connectivity index (χ2v) is 6.65. The number of aromatic nitrogens is 1. The van der Waals surface area contributed by atoms with Gasteiger partial charge < -0.3 is 14.5 Å². The Morgan fingerprint density at radius 2 is 2.22 bits per heavy atom. The average Bonchev–Trinajstić information content (AvgIpc) is 3.17. The third kappa shape index (κ3) is 4.19. The smallest absolute Gasteiger partial charge is 0.270 e. The summed E-state index contributed by atoms with van der Waals surface area (Å²) < 4.78 is 11.0. The number of rotatable bonds is 5. The number of carbonyl (C=O) groups is 1. The van der Waals surface area contributed by atoms with Crippen molar-refractivity contribution in [2.24, 2.45) is 0 Å². The van der Waals surface area contributed by atoms with Crippen LogP contribution in [0.1, 0.15) is 24.3 Å². The van der Waals surface area contributed by atoms with Crippen LogP contribution in [0, 0.1) is 0 Å². The van der Waals surface area contributed by atoms with Gasteiger partial charge in [-0.15, -0.1) is 11.3 Å². The zero-order valence-electron chi connectivity index (χ0n) is 13.3. The number of hydrogen-bond donors (Lipinski definition) is 1. The Bertz CT molecular complexity index is 631. The van der Waals surface area contributed by atoms with E-state index in [1.54, 1.807) is 17.7 Å². The zero-order valence-corrected chi connectivity index (χ0v) is 14.1. The van der Waals surface area contributed by atoms with Gasteiger partial charge in [-0.3, -0.25) is 9.69 Å². The molecule has 124 valence electrons. The van der Waals surface area contributed by atoms with E-state index >= 15 is 0 Å². The number of amides is 1. The van der Waals surface area contributed by atoms with Crippen molar-refractivity contribution in [2.75, 3.05) is 26.2 Å². The van der Waals surface area contributed by atoms with Crippen molar-refractivity contribution in [1.82, 2.24) is 15.2 Å². The Hall–Kier alpha value is -1.70. The summed E-state index contributed by atoms with van der Waals surface area (Å²) in [5.74, 6) is 0.541. The molecule has 7 heteroatoms. The predicted molar refractivity (Wildman–Crippen MR) is 88.6 cm³/mol. The second-order valence-electron chi connectivity index (χ2n) is 5.79. The number of nitrogens with one attached hydrogen (secondary N) is 1. The van der Waals surface area contributed by atoms with E-state index in [4.69, 9.17) is 9.15 Å². The normalized spacial score (nSPS) is 22.2. The van der Waals surface area contributed by atoms with Crippen LogP contribution in [0.2, 0.25) is 0 Å². The summed E-state index contributed by atoms with van der Waals surface area (Å²) in [7, 11) is 0. The van der Waals surface area contributed by atoms with Crippen molar-refractivity contribution in [3.63, 3.8) is 0 Å². The maximum absolute atomic E-state index is 12.2. The molecule has 1 amide bonds. The van der Waals surface area contributed by atoms with Crippen LogP contribution in [0.5, 0.6) is 0 Å². The van der Waals surface area contributed by atoms with Gasteiger partial charge in [0.1, 0.15) is 5.69 Å². The molecule has 0 saturated carbocycles. The minimum atomic E-state index is -0.145. The second kappa shape index (κ2) is 7.25. The maximum atomic E-state index is 12.2. The van der Waals surface area contributed by atoms with Crippen molar-refractivity contribution in [1.29, 1.82) is 0 Å². The summed E-state index contributed by atoms with van der Waals surface area (Å²) >= 11 is 1.41. The molecule has 0 radical (unpaired) electrons. The molecule has 0 spiro atoms.